The summed E-state index contributed by atoms with van der Waals surface area (Å²) in [5, 5.41) is 0. The summed E-state index contributed by atoms with van der Waals surface area (Å²) in [6.45, 7) is 4.14. The van der Waals surface area contributed by atoms with Crippen molar-refractivity contribution in [2.45, 2.75) is 26.1 Å². The molecule has 1 aliphatic heterocycles. The highest BCUT2D eigenvalue weighted by Gasteiger charge is 2.47. The van der Waals surface area contributed by atoms with Crippen molar-refractivity contribution in [1.82, 2.24) is 9.80 Å². The molecule has 0 aromatic rings. The number of carbonyl (C=O) groups is 1. The van der Waals surface area contributed by atoms with Gasteiger partial charge in [-0.15, -0.1) is 0 Å². The molecule has 0 bridgehead atoms. The number of rotatable bonds is 1. The van der Waals surface area contributed by atoms with Crippen LogP contribution in [-0.4, -0.2) is 54.1 Å². The quantitative estimate of drug-likeness (QED) is 0.666. The Morgan fingerprint density at radius 1 is 1.40 bits per heavy atom. The van der Waals surface area contributed by atoms with Crippen LogP contribution < -0.4 is 0 Å². The van der Waals surface area contributed by atoms with Gasteiger partial charge in [-0.25, -0.2) is 0 Å². The average molecular weight is 224 g/mol. The minimum atomic E-state index is -4.33. The fourth-order valence-electron chi connectivity index (χ4n) is 1.78. The van der Waals surface area contributed by atoms with E-state index in [2.05, 4.69) is 0 Å². The Labute approximate surface area is 86.8 Å². The Morgan fingerprint density at radius 2 is 2.00 bits per heavy atom. The summed E-state index contributed by atoms with van der Waals surface area (Å²) in [6.07, 6.45) is -4.33. The van der Waals surface area contributed by atoms with Crippen molar-refractivity contribution in [3.05, 3.63) is 0 Å². The van der Waals surface area contributed by atoms with Gasteiger partial charge in [-0.1, -0.05) is 6.92 Å². The largest absolute Gasteiger partial charge is 0.410 e. The molecule has 1 saturated heterocycles. The third-order valence-corrected chi connectivity index (χ3v) is 2.69. The molecule has 15 heavy (non-hydrogen) atoms. The Bertz CT molecular complexity index is 242. The molecule has 3 nitrogen and oxygen atoms in total. The first-order valence-corrected chi connectivity index (χ1v) is 4.92. The van der Waals surface area contributed by atoms with E-state index in [0.29, 0.717) is 13.1 Å². The molecule has 0 aromatic heterocycles. The van der Waals surface area contributed by atoms with Crippen molar-refractivity contribution in [1.29, 1.82) is 0 Å². The van der Waals surface area contributed by atoms with Crippen LogP contribution in [0.4, 0.5) is 13.2 Å². The van der Waals surface area contributed by atoms with Crippen molar-refractivity contribution in [2.24, 2.45) is 0 Å². The van der Waals surface area contributed by atoms with E-state index in [1.807, 2.05) is 6.92 Å². The van der Waals surface area contributed by atoms with E-state index in [4.69, 9.17) is 0 Å². The maximum absolute atomic E-state index is 12.6. The zero-order valence-corrected chi connectivity index (χ0v) is 8.84. The number of piperazine rings is 1. The van der Waals surface area contributed by atoms with Gasteiger partial charge in [0.25, 0.3) is 0 Å². The Kier molecular flexibility index (Phi) is 3.59. The lowest BCUT2D eigenvalue weighted by molar-refractivity contribution is -0.200. The van der Waals surface area contributed by atoms with Gasteiger partial charge in [0.1, 0.15) is 6.04 Å². The van der Waals surface area contributed by atoms with Gasteiger partial charge in [-0.3, -0.25) is 9.69 Å². The molecule has 0 aromatic carbocycles. The van der Waals surface area contributed by atoms with Crippen LogP contribution in [0.25, 0.3) is 0 Å². The molecule has 1 unspecified atom stereocenters. The standard InChI is InChI=1S/C9H15F3N2O/c1-3-13-4-5-14(7(2)15)8(6-13)9(10,11)12/h8H,3-6H2,1-2H3. The number of hydrogen-bond acceptors (Lipinski definition) is 2. The van der Waals surface area contributed by atoms with Crippen molar-refractivity contribution < 1.29 is 18.0 Å². The normalized spacial score (nSPS) is 24.3. The summed E-state index contributed by atoms with van der Waals surface area (Å²) >= 11 is 0. The van der Waals surface area contributed by atoms with Crippen LogP contribution in [0.1, 0.15) is 13.8 Å². The van der Waals surface area contributed by atoms with Gasteiger partial charge in [0, 0.05) is 26.6 Å². The monoisotopic (exact) mass is 224 g/mol. The number of likely N-dealkylation sites (N-methyl/N-ethyl adjacent to an activating group) is 1. The van der Waals surface area contributed by atoms with Crippen LogP contribution >= 0.6 is 0 Å². The molecule has 1 heterocycles. The van der Waals surface area contributed by atoms with Crippen LogP contribution in [0.2, 0.25) is 0 Å². The second-order valence-electron chi connectivity index (χ2n) is 3.66. The van der Waals surface area contributed by atoms with Gasteiger partial charge in [-0.2, -0.15) is 13.2 Å². The summed E-state index contributed by atoms with van der Waals surface area (Å²) in [7, 11) is 0. The number of amides is 1. The summed E-state index contributed by atoms with van der Waals surface area (Å²) in [6, 6.07) is -1.65. The average Bonchev–Trinajstić information content (AvgIpc) is 2.15. The predicted molar refractivity (Wildman–Crippen MR) is 49.3 cm³/mol. The first-order chi connectivity index (χ1) is 6.86. The highest BCUT2D eigenvalue weighted by molar-refractivity contribution is 5.73. The minimum absolute atomic E-state index is 0.112. The third kappa shape index (κ3) is 2.84. The fourth-order valence-corrected chi connectivity index (χ4v) is 1.78. The first-order valence-electron chi connectivity index (χ1n) is 4.92. The van der Waals surface area contributed by atoms with Crippen molar-refractivity contribution in [2.75, 3.05) is 26.2 Å². The van der Waals surface area contributed by atoms with E-state index in [0.717, 1.165) is 4.90 Å². The van der Waals surface area contributed by atoms with Crippen LogP contribution in [0.5, 0.6) is 0 Å². The molecule has 1 aliphatic rings. The molecule has 0 spiro atoms. The second-order valence-corrected chi connectivity index (χ2v) is 3.66. The number of nitrogens with zero attached hydrogens (tertiary/aromatic N) is 2. The fraction of sp³-hybridized carbons (Fsp3) is 0.889. The Morgan fingerprint density at radius 3 is 2.40 bits per heavy atom. The smallest absolute Gasteiger partial charge is 0.328 e. The molecular weight excluding hydrogens is 209 g/mol. The number of carbonyl (C=O) groups excluding carboxylic acids is 1. The van der Waals surface area contributed by atoms with Crippen molar-refractivity contribution in [3.63, 3.8) is 0 Å². The molecule has 6 heteroatoms. The summed E-state index contributed by atoms with van der Waals surface area (Å²) in [4.78, 5) is 13.7. The van der Waals surface area contributed by atoms with E-state index in [1.165, 1.54) is 6.92 Å². The molecule has 0 N–H and O–H groups in total. The molecule has 1 fully saturated rings. The van der Waals surface area contributed by atoms with Gasteiger partial charge < -0.3 is 4.90 Å². The third-order valence-electron chi connectivity index (χ3n) is 2.69. The molecule has 0 saturated carbocycles. The lowest BCUT2D eigenvalue weighted by Crippen LogP contribution is -2.60. The lowest BCUT2D eigenvalue weighted by atomic mass is 10.1. The molecular formula is C9H15F3N2O. The van der Waals surface area contributed by atoms with E-state index in [1.54, 1.807) is 4.90 Å². The Balaban J connectivity index is 2.78. The van der Waals surface area contributed by atoms with E-state index >= 15 is 0 Å². The molecule has 1 atom stereocenters. The molecule has 0 radical (unpaired) electrons. The zero-order valence-electron chi connectivity index (χ0n) is 8.84. The van der Waals surface area contributed by atoms with Crippen LogP contribution in [0.3, 0.4) is 0 Å². The maximum atomic E-state index is 12.6. The predicted octanol–water partition coefficient (Wildman–Crippen LogP) is 1.10. The van der Waals surface area contributed by atoms with Crippen molar-refractivity contribution >= 4 is 5.91 Å². The maximum Gasteiger partial charge on any atom is 0.410 e. The highest BCUT2D eigenvalue weighted by atomic mass is 19.4. The van der Waals surface area contributed by atoms with Crippen LogP contribution in [0.15, 0.2) is 0 Å². The van der Waals surface area contributed by atoms with Crippen LogP contribution in [0, 0.1) is 0 Å². The molecule has 0 aliphatic carbocycles. The summed E-state index contributed by atoms with van der Waals surface area (Å²) in [5.74, 6) is -0.506. The van der Waals surface area contributed by atoms with Gasteiger partial charge >= 0.3 is 6.18 Å². The SMILES string of the molecule is CCN1CCN(C(C)=O)C(C(F)(F)F)C1. The lowest BCUT2D eigenvalue weighted by Gasteiger charge is -2.41. The van der Waals surface area contributed by atoms with Gasteiger partial charge in [0.15, 0.2) is 0 Å². The number of halogens is 3. The number of alkyl halides is 3. The van der Waals surface area contributed by atoms with Crippen LogP contribution in [-0.2, 0) is 4.79 Å². The molecule has 1 rings (SSSR count). The highest BCUT2D eigenvalue weighted by Crippen LogP contribution is 2.27. The van der Waals surface area contributed by atoms with E-state index in [9.17, 15) is 18.0 Å². The first kappa shape index (κ1) is 12.3. The Hall–Kier alpha value is -0.780. The second kappa shape index (κ2) is 4.38. The summed E-state index contributed by atoms with van der Waals surface area (Å²) < 4.78 is 37.9. The number of hydrogen-bond donors (Lipinski definition) is 0. The van der Waals surface area contributed by atoms with E-state index < -0.39 is 18.1 Å². The van der Waals surface area contributed by atoms with Gasteiger partial charge in [0.2, 0.25) is 5.91 Å². The summed E-state index contributed by atoms with van der Waals surface area (Å²) in [5.41, 5.74) is 0. The van der Waals surface area contributed by atoms with Gasteiger partial charge in [-0.05, 0) is 6.54 Å². The van der Waals surface area contributed by atoms with E-state index in [-0.39, 0.29) is 13.1 Å². The van der Waals surface area contributed by atoms with Gasteiger partial charge in [0.05, 0.1) is 0 Å². The molecule has 88 valence electrons. The molecule has 1 amide bonds. The minimum Gasteiger partial charge on any atom is -0.328 e. The topological polar surface area (TPSA) is 23.6 Å². The van der Waals surface area contributed by atoms with Crippen molar-refractivity contribution in [3.8, 4) is 0 Å². The zero-order chi connectivity index (χ0) is 11.6.